The number of carbonyl (C=O) groups is 1. The highest BCUT2D eigenvalue weighted by atomic mass is 16.2. The molecule has 2 N–H and O–H groups in total. The van der Waals surface area contributed by atoms with E-state index in [0.29, 0.717) is 13.1 Å². The Balaban J connectivity index is 2.70. The average Bonchev–Trinajstić information content (AvgIpc) is 2.63. The highest BCUT2D eigenvalue weighted by molar-refractivity contribution is 5.81. The standard InChI is InChI=1S/C11H20N4O/c1-11(2,8-12)10(16)15(4)7-9-13-5-6-14(9)3/h5-6H,7-8,12H2,1-4H3. The molecular weight excluding hydrogens is 204 g/mol. The first-order valence-corrected chi connectivity index (χ1v) is 5.30. The lowest BCUT2D eigenvalue weighted by Crippen LogP contribution is -2.42. The molecule has 16 heavy (non-hydrogen) atoms. The largest absolute Gasteiger partial charge is 0.338 e. The lowest BCUT2D eigenvalue weighted by molar-refractivity contribution is -0.139. The molecule has 1 rings (SSSR count). The van der Waals surface area contributed by atoms with E-state index in [4.69, 9.17) is 5.73 Å². The summed E-state index contributed by atoms with van der Waals surface area (Å²) in [5.41, 5.74) is 5.07. The van der Waals surface area contributed by atoms with Crippen molar-refractivity contribution in [2.45, 2.75) is 20.4 Å². The second-order valence-electron chi connectivity index (χ2n) is 4.70. The number of rotatable bonds is 4. The zero-order chi connectivity index (χ0) is 12.3. The van der Waals surface area contributed by atoms with Gasteiger partial charge in [0.25, 0.3) is 0 Å². The molecule has 0 atom stereocenters. The van der Waals surface area contributed by atoms with Crippen LogP contribution in [-0.2, 0) is 18.4 Å². The number of imidazole rings is 1. The van der Waals surface area contributed by atoms with Crippen molar-refractivity contribution in [2.75, 3.05) is 13.6 Å². The van der Waals surface area contributed by atoms with E-state index >= 15 is 0 Å². The summed E-state index contributed by atoms with van der Waals surface area (Å²) in [6, 6.07) is 0. The van der Waals surface area contributed by atoms with Gasteiger partial charge in [-0.15, -0.1) is 0 Å². The molecule has 0 aromatic carbocycles. The molecule has 1 heterocycles. The van der Waals surface area contributed by atoms with E-state index in [1.54, 1.807) is 18.1 Å². The maximum atomic E-state index is 12.0. The smallest absolute Gasteiger partial charge is 0.229 e. The lowest BCUT2D eigenvalue weighted by Gasteiger charge is -2.27. The number of aromatic nitrogens is 2. The summed E-state index contributed by atoms with van der Waals surface area (Å²) >= 11 is 0. The molecule has 90 valence electrons. The van der Waals surface area contributed by atoms with Gasteiger partial charge in [0.1, 0.15) is 5.82 Å². The van der Waals surface area contributed by atoms with Gasteiger partial charge in [0, 0.05) is 33.0 Å². The molecule has 1 aromatic heterocycles. The van der Waals surface area contributed by atoms with Gasteiger partial charge < -0.3 is 15.2 Å². The Morgan fingerprint density at radius 2 is 2.25 bits per heavy atom. The van der Waals surface area contributed by atoms with Crippen molar-refractivity contribution in [3.63, 3.8) is 0 Å². The second kappa shape index (κ2) is 4.65. The van der Waals surface area contributed by atoms with Gasteiger partial charge in [-0.25, -0.2) is 4.98 Å². The zero-order valence-electron chi connectivity index (χ0n) is 10.4. The number of nitrogens with zero attached hydrogens (tertiary/aromatic N) is 3. The van der Waals surface area contributed by atoms with Gasteiger partial charge >= 0.3 is 0 Å². The van der Waals surface area contributed by atoms with Gasteiger partial charge in [-0.2, -0.15) is 0 Å². The molecule has 5 heteroatoms. The van der Waals surface area contributed by atoms with E-state index < -0.39 is 5.41 Å². The van der Waals surface area contributed by atoms with Crippen LogP contribution in [0.1, 0.15) is 19.7 Å². The second-order valence-corrected chi connectivity index (χ2v) is 4.70. The van der Waals surface area contributed by atoms with Gasteiger partial charge in [0.05, 0.1) is 12.0 Å². The van der Waals surface area contributed by atoms with Crippen molar-refractivity contribution >= 4 is 5.91 Å². The Bertz CT molecular complexity index is 370. The molecule has 0 aliphatic heterocycles. The van der Waals surface area contributed by atoms with Crippen molar-refractivity contribution < 1.29 is 4.79 Å². The lowest BCUT2D eigenvalue weighted by atomic mass is 9.92. The number of aryl methyl sites for hydroxylation is 1. The van der Waals surface area contributed by atoms with Crippen molar-refractivity contribution in [3.05, 3.63) is 18.2 Å². The molecule has 0 radical (unpaired) electrons. The maximum absolute atomic E-state index is 12.0. The summed E-state index contributed by atoms with van der Waals surface area (Å²) in [7, 11) is 3.68. The van der Waals surface area contributed by atoms with Crippen molar-refractivity contribution in [2.24, 2.45) is 18.2 Å². The van der Waals surface area contributed by atoms with Gasteiger partial charge in [0.15, 0.2) is 0 Å². The minimum Gasteiger partial charge on any atom is -0.338 e. The van der Waals surface area contributed by atoms with Crippen LogP contribution in [0.4, 0.5) is 0 Å². The highest BCUT2D eigenvalue weighted by Crippen LogP contribution is 2.17. The minimum atomic E-state index is -0.514. The van der Waals surface area contributed by atoms with Crippen molar-refractivity contribution in [1.29, 1.82) is 0 Å². The highest BCUT2D eigenvalue weighted by Gasteiger charge is 2.29. The molecule has 0 bridgehead atoms. The topological polar surface area (TPSA) is 64.2 Å². The monoisotopic (exact) mass is 224 g/mol. The molecule has 1 amide bonds. The third-order valence-electron chi connectivity index (χ3n) is 2.74. The molecule has 0 aliphatic carbocycles. The third kappa shape index (κ3) is 2.61. The van der Waals surface area contributed by atoms with Crippen LogP contribution >= 0.6 is 0 Å². The Kier molecular flexibility index (Phi) is 3.70. The SMILES string of the molecule is CN(Cc1nccn1C)C(=O)C(C)(C)CN. The summed E-state index contributed by atoms with van der Waals surface area (Å²) in [4.78, 5) is 17.9. The summed E-state index contributed by atoms with van der Waals surface area (Å²) < 4.78 is 1.90. The Morgan fingerprint density at radius 1 is 1.62 bits per heavy atom. The molecular formula is C11H20N4O. The third-order valence-corrected chi connectivity index (χ3v) is 2.74. The van der Waals surface area contributed by atoms with Gasteiger partial charge in [0.2, 0.25) is 5.91 Å². The summed E-state index contributed by atoms with van der Waals surface area (Å²) in [5, 5.41) is 0. The van der Waals surface area contributed by atoms with Crippen LogP contribution in [0.2, 0.25) is 0 Å². The number of carbonyl (C=O) groups excluding carboxylic acids is 1. The van der Waals surface area contributed by atoms with Crippen LogP contribution in [0.15, 0.2) is 12.4 Å². The van der Waals surface area contributed by atoms with Crippen LogP contribution < -0.4 is 5.73 Å². The fraction of sp³-hybridized carbons (Fsp3) is 0.636. The van der Waals surface area contributed by atoms with Crippen molar-refractivity contribution in [3.8, 4) is 0 Å². The minimum absolute atomic E-state index is 0.0398. The van der Waals surface area contributed by atoms with E-state index in [0.717, 1.165) is 5.82 Å². The number of nitrogens with two attached hydrogens (primary N) is 1. The molecule has 0 saturated carbocycles. The van der Waals surface area contributed by atoms with Gasteiger partial charge in [-0.1, -0.05) is 0 Å². The predicted molar refractivity (Wildman–Crippen MR) is 62.5 cm³/mol. The number of amides is 1. The summed E-state index contributed by atoms with van der Waals surface area (Å²) in [6.45, 7) is 4.55. The van der Waals surface area contributed by atoms with Crippen LogP contribution in [0.3, 0.4) is 0 Å². The predicted octanol–water partition coefficient (Wildman–Crippen LogP) is 0.363. The van der Waals surface area contributed by atoms with Crippen LogP contribution in [-0.4, -0.2) is 34.0 Å². The number of hydrogen-bond acceptors (Lipinski definition) is 3. The zero-order valence-corrected chi connectivity index (χ0v) is 10.4. The van der Waals surface area contributed by atoms with Gasteiger partial charge in [-0.05, 0) is 13.8 Å². The van der Waals surface area contributed by atoms with E-state index in [-0.39, 0.29) is 5.91 Å². The molecule has 5 nitrogen and oxygen atoms in total. The van der Waals surface area contributed by atoms with E-state index in [9.17, 15) is 4.79 Å². The molecule has 0 fully saturated rings. The Morgan fingerprint density at radius 3 is 2.69 bits per heavy atom. The summed E-state index contributed by atoms with van der Waals surface area (Å²) in [5.74, 6) is 0.904. The first kappa shape index (κ1) is 12.7. The van der Waals surface area contributed by atoms with E-state index in [1.807, 2.05) is 31.7 Å². The molecule has 1 aromatic rings. The van der Waals surface area contributed by atoms with Gasteiger partial charge in [-0.3, -0.25) is 4.79 Å². The van der Waals surface area contributed by atoms with E-state index in [2.05, 4.69) is 4.98 Å². The average molecular weight is 224 g/mol. The van der Waals surface area contributed by atoms with Crippen LogP contribution in [0, 0.1) is 5.41 Å². The first-order chi connectivity index (χ1) is 7.38. The first-order valence-electron chi connectivity index (χ1n) is 5.30. The quantitative estimate of drug-likeness (QED) is 0.803. The molecule has 0 spiro atoms. The maximum Gasteiger partial charge on any atom is 0.229 e. The summed E-state index contributed by atoms with van der Waals surface area (Å²) in [6.07, 6.45) is 3.59. The molecule has 0 aliphatic rings. The Labute approximate surface area is 96.3 Å². The van der Waals surface area contributed by atoms with Crippen LogP contribution in [0.25, 0.3) is 0 Å². The van der Waals surface area contributed by atoms with Crippen molar-refractivity contribution in [1.82, 2.24) is 14.5 Å². The normalized spacial score (nSPS) is 11.6. The Hall–Kier alpha value is -1.36. The number of hydrogen-bond donors (Lipinski definition) is 1. The van der Waals surface area contributed by atoms with Crippen LogP contribution in [0.5, 0.6) is 0 Å². The fourth-order valence-corrected chi connectivity index (χ4v) is 1.44. The van der Waals surface area contributed by atoms with E-state index in [1.165, 1.54) is 0 Å². The molecule has 0 unspecified atom stereocenters. The molecule has 0 saturated heterocycles. The fourth-order valence-electron chi connectivity index (χ4n) is 1.44.